The fourth-order valence-corrected chi connectivity index (χ4v) is 1.57. The molecule has 2 aromatic heterocycles. The van der Waals surface area contributed by atoms with Crippen LogP contribution in [0.5, 0.6) is 0 Å². The molecule has 2 aromatic rings. The van der Waals surface area contributed by atoms with Gasteiger partial charge in [-0.3, -0.25) is 15.1 Å². The highest BCUT2D eigenvalue weighted by Gasteiger charge is 2.11. The maximum atomic E-state index is 10.6. The molecule has 0 aliphatic rings. The number of aromatic nitrogens is 2. The molecule has 0 spiro atoms. The largest absolute Gasteiger partial charge is 0.365 e. The standard InChI is InChI=1S/C13H11N5O2/c1-9-2-3-10(6-15-9)7-16-13-11(5-14)4-12(8-17-13)18(19)20/h2-4,6,8H,7H2,1H3,(H,16,17). The van der Waals surface area contributed by atoms with Crippen LogP contribution < -0.4 is 5.32 Å². The smallest absolute Gasteiger partial charge is 0.289 e. The molecule has 0 bridgehead atoms. The van der Waals surface area contributed by atoms with Gasteiger partial charge in [0, 0.05) is 24.5 Å². The quantitative estimate of drug-likeness (QED) is 0.673. The normalized spacial score (nSPS) is 9.80. The number of pyridine rings is 2. The van der Waals surface area contributed by atoms with Crippen LogP contribution in [-0.2, 0) is 6.54 Å². The number of nitro groups is 1. The van der Waals surface area contributed by atoms with E-state index in [1.54, 1.807) is 6.20 Å². The maximum absolute atomic E-state index is 10.6. The summed E-state index contributed by atoms with van der Waals surface area (Å²) in [5.41, 5.74) is 1.78. The van der Waals surface area contributed by atoms with Gasteiger partial charge in [0.2, 0.25) is 0 Å². The van der Waals surface area contributed by atoms with E-state index >= 15 is 0 Å². The lowest BCUT2D eigenvalue weighted by Gasteiger charge is -2.07. The molecule has 0 saturated heterocycles. The third-order valence-electron chi connectivity index (χ3n) is 2.64. The van der Waals surface area contributed by atoms with E-state index in [-0.39, 0.29) is 11.3 Å². The molecule has 0 aromatic carbocycles. The van der Waals surface area contributed by atoms with E-state index in [1.807, 2.05) is 25.1 Å². The van der Waals surface area contributed by atoms with Gasteiger partial charge in [-0.1, -0.05) is 6.07 Å². The Kier molecular flexibility index (Phi) is 3.86. The third-order valence-corrected chi connectivity index (χ3v) is 2.64. The summed E-state index contributed by atoms with van der Waals surface area (Å²) >= 11 is 0. The van der Waals surface area contributed by atoms with Crippen molar-refractivity contribution in [3.63, 3.8) is 0 Å². The van der Waals surface area contributed by atoms with Crippen LogP contribution in [0.25, 0.3) is 0 Å². The molecular weight excluding hydrogens is 258 g/mol. The lowest BCUT2D eigenvalue weighted by molar-refractivity contribution is -0.385. The van der Waals surface area contributed by atoms with Gasteiger partial charge in [0.1, 0.15) is 23.6 Å². The summed E-state index contributed by atoms with van der Waals surface area (Å²) in [5, 5.41) is 22.6. The number of aryl methyl sites for hydroxylation is 1. The highest BCUT2D eigenvalue weighted by atomic mass is 16.6. The van der Waals surface area contributed by atoms with Crippen LogP contribution >= 0.6 is 0 Å². The summed E-state index contributed by atoms with van der Waals surface area (Å²) in [6, 6.07) is 6.88. The van der Waals surface area contributed by atoms with Gasteiger partial charge in [-0.25, -0.2) is 4.98 Å². The van der Waals surface area contributed by atoms with Crippen molar-refractivity contribution in [2.75, 3.05) is 5.32 Å². The van der Waals surface area contributed by atoms with Gasteiger partial charge in [0.25, 0.3) is 5.69 Å². The lowest BCUT2D eigenvalue weighted by atomic mass is 10.2. The second-order valence-electron chi connectivity index (χ2n) is 4.12. The summed E-state index contributed by atoms with van der Waals surface area (Å²) in [6.07, 6.45) is 2.84. The molecule has 20 heavy (non-hydrogen) atoms. The van der Waals surface area contributed by atoms with Gasteiger partial charge < -0.3 is 5.32 Å². The Hall–Kier alpha value is -3.01. The van der Waals surface area contributed by atoms with E-state index in [0.717, 1.165) is 17.5 Å². The minimum atomic E-state index is -0.582. The molecule has 2 heterocycles. The lowest BCUT2D eigenvalue weighted by Crippen LogP contribution is -2.04. The SMILES string of the molecule is Cc1ccc(CNc2ncc([N+](=O)[O-])cc2C#N)cn1. The molecular formula is C13H11N5O2. The molecule has 7 heteroatoms. The van der Waals surface area contributed by atoms with E-state index in [2.05, 4.69) is 15.3 Å². The zero-order chi connectivity index (χ0) is 14.5. The fourth-order valence-electron chi connectivity index (χ4n) is 1.57. The molecule has 0 aliphatic carbocycles. The number of nitrogens with zero attached hydrogens (tertiary/aromatic N) is 4. The Morgan fingerprint density at radius 3 is 2.80 bits per heavy atom. The van der Waals surface area contributed by atoms with Crippen molar-refractivity contribution in [2.45, 2.75) is 13.5 Å². The highest BCUT2D eigenvalue weighted by Crippen LogP contribution is 2.18. The Labute approximate surface area is 115 Å². The highest BCUT2D eigenvalue weighted by molar-refractivity contribution is 5.55. The number of rotatable bonds is 4. The zero-order valence-corrected chi connectivity index (χ0v) is 10.7. The summed E-state index contributed by atoms with van der Waals surface area (Å²) in [5.74, 6) is 0.318. The molecule has 0 amide bonds. The van der Waals surface area contributed by atoms with Crippen molar-refractivity contribution in [2.24, 2.45) is 0 Å². The molecule has 0 saturated carbocycles. The second kappa shape index (κ2) is 5.75. The summed E-state index contributed by atoms with van der Waals surface area (Å²) in [7, 11) is 0. The van der Waals surface area contributed by atoms with Gasteiger partial charge in [0.15, 0.2) is 0 Å². The van der Waals surface area contributed by atoms with Gasteiger partial charge in [-0.05, 0) is 18.6 Å². The minimum Gasteiger partial charge on any atom is -0.365 e. The van der Waals surface area contributed by atoms with E-state index < -0.39 is 4.92 Å². The second-order valence-corrected chi connectivity index (χ2v) is 4.12. The van der Waals surface area contributed by atoms with Crippen LogP contribution in [0.3, 0.4) is 0 Å². The van der Waals surface area contributed by atoms with E-state index in [4.69, 9.17) is 5.26 Å². The van der Waals surface area contributed by atoms with Crippen molar-refractivity contribution in [1.82, 2.24) is 9.97 Å². The summed E-state index contributed by atoms with van der Waals surface area (Å²) in [6.45, 7) is 2.33. The van der Waals surface area contributed by atoms with Crippen LogP contribution in [0.4, 0.5) is 11.5 Å². The number of hydrogen-bond donors (Lipinski definition) is 1. The van der Waals surface area contributed by atoms with Gasteiger partial charge >= 0.3 is 0 Å². The van der Waals surface area contributed by atoms with E-state index in [0.29, 0.717) is 12.4 Å². The fraction of sp³-hybridized carbons (Fsp3) is 0.154. The third kappa shape index (κ3) is 3.05. The Bertz CT molecular complexity index is 676. The molecule has 0 fully saturated rings. The first kappa shape index (κ1) is 13.4. The first-order valence-electron chi connectivity index (χ1n) is 5.80. The Balaban J connectivity index is 2.15. The van der Waals surface area contributed by atoms with Gasteiger partial charge in [0.05, 0.1) is 4.92 Å². The molecule has 7 nitrogen and oxygen atoms in total. The number of nitrogens with one attached hydrogen (secondary N) is 1. The minimum absolute atomic E-state index is 0.138. The van der Waals surface area contributed by atoms with Crippen molar-refractivity contribution in [3.8, 4) is 6.07 Å². The van der Waals surface area contributed by atoms with Crippen molar-refractivity contribution < 1.29 is 4.92 Å². The predicted octanol–water partition coefficient (Wildman–Crippen LogP) is 2.18. The van der Waals surface area contributed by atoms with Crippen LogP contribution in [0, 0.1) is 28.4 Å². The van der Waals surface area contributed by atoms with Gasteiger partial charge in [-0.15, -0.1) is 0 Å². The van der Waals surface area contributed by atoms with Crippen LogP contribution in [0.15, 0.2) is 30.6 Å². The summed E-state index contributed by atoms with van der Waals surface area (Å²) in [4.78, 5) is 18.1. The van der Waals surface area contributed by atoms with E-state index in [1.165, 1.54) is 6.07 Å². The van der Waals surface area contributed by atoms with E-state index in [9.17, 15) is 10.1 Å². The topological polar surface area (TPSA) is 105 Å². The monoisotopic (exact) mass is 269 g/mol. The molecule has 1 N–H and O–H groups in total. The molecule has 100 valence electrons. The van der Waals surface area contributed by atoms with Crippen molar-refractivity contribution in [1.29, 1.82) is 5.26 Å². The molecule has 0 unspecified atom stereocenters. The average molecular weight is 269 g/mol. The molecule has 0 atom stereocenters. The van der Waals surface area contributed by atoms with Crippen LogP contribution in [-0.4, -0.2) is 14.9 Å². The molecule has 0 radical (unpaired) electrons. The van der Waals surface area contributed by atoms with Crippen LogP contribution in [0.2, 0.25) is 0 Å². The molecule has 0 aliphatic heterocycles. The number of nitriles is 1. The first-order chi connectivity index (χ1) is 9.60. The predicted molar refractivity (Wildman–Crippen MR) is 71.9 cm³/mol. The Morgan fingerprint density at radius 2 is 2.20 bits per heavy atom. The Morgan fingerprint density at radius 1 is 1.40 bits per heavy atom. The number of hydrogen-bond acceptors (Lipinski definition) is 6. The molecule has 2 rings (SSSR count). The maximum Gasteiger partial charge on any atom is 0.289 e. The summed E-state index contributed by atoms with van der Waals surface area (Å²) < 4.78 is 0. The number of anilines is 1. The van der Waals surface area contributed by atoms with Crippen molar-refractivity contribution >= 4 is 11.5 Å². The van der Waals surface area contributed by atoms with Crippen LogP contribution in [0.1, 0.15) is 16.8 Å². The first-order valence-corrected chi connectivity index (χ1v) is 5.80. The van der Waals surface area contributed by atoms with Crippen molar-refractivity contribution in [3.05, 3.63) is 57.5 Å². The average Bonchev–Trinajstić information content (AvgIpc) is 2.46. The zero-order valence-electron chi connectivity index (χ0n) is 10.7. The van der Waals surface area contributed by atoms with Gasteiger partial charge in [-0.2, -0.15) is 5.26 Å².